The number of hydrogen-bond donors (Lipinski definition) is 0. The van der Waals surface area contributed by atoms with E-state index < -0.39 is 0 Å². The Morgan fingerprint density at radius 3 is 1.25 bits per heavy atom. The van der Waals surface area contributed by atoms with Crippen molar-refractivity contribution in [2.75, 3.05) is 0 Å². The van der Waals surface area contributed by atoms with Crippen LogP contribution in [-0.2, 0) is 22.6 Å². The van der Waals surface area contributed by atoms with Crippen LogP contribution >= 0.6 is 0 Å². The molecule has 0 N–H and O–H groups in total. The number of hydrogen-bond acceptors (Lipinski definition) is 2. The van der Waals surface area contributed by atoms with Gasteiger partial charge in [-0.2, -0.15) is 0 Å². The Hall–Kier alpha value is 0.990. The second-order valence-electron chi connectivity index (χ2n) is 0. The van der Waals surface area contributed by atoms with E-state index in [0.717, 1.165) is 0 Å². The second kappa shape index (κ2) is 36.4. The maximum atomic E-state index is 8.42. The molecule has 0 rings (SSSR count). The van der Waals surface area contributed by atoms with Gasteiger partial charge in [0.25, 0.3) is 0 Å². The summed E-state index contributed by atoms with van der Waals surface area (Å²) in [5.74, 6) is 0. The molecule has 0 fully saturated rings. The van der Waals surface area contributed by atoms with Gasteiger partial charge in [-0.1, -0.05) is 0 Å². The molecule has 0 aromatic heterocycles. The molecule has 0 aliphatic carbocycles. The van der Waals surface area contributed by atoms with Gasteiger partial charge in [0.15, 0.2) is 0 Å². The first kappa shape index (κ1) is 8.89. The van der Waals surface area contributed by atoms with Crippen molar-refractivity contribution in [3.63, 3.8) is 0 Å². The van der Waals surface area contributed by atoms with E-state index in [1.165, 1.54) is 0 Å². The summed E-state index contributed by atoms with van der Waals surface area (Å²) in [4.78, 5) is 0. The SMILES string of the molecule is [O]=[InH].[O]=[Mn]. The van der Waals surface area contributed by atoms with Crippen LogP contribution in [-0.4, -0.2) is 24.4 Å². The Morgan fingerprint density at radius 1 is 1.25 bits per heavy atom. The molecule has 0 radical (unpaired) electrons. The molecule has 0 aromatic rings. The van der Waals surface area contributed by atoms with Gasteiger partial charge in [-0.05, 0) is 0 Å². The van der Waals surface area contributed by atoms with Crippen LogP contribution in [0.2, 0.25) is 0 Å². The molecule has 0 spiro atoms. The molecule has 4 heavy (non-hydrogen) atoms. The van der Waals surface area contributed by atoms with E-state index in [-0.39, 0.29) is 24.4 Å². The van der Waals surface area contributed by atoms with Gasteiger partial charge < -0.3 is 0 Å². The zero-order valence-corrected chi connectivity index (χ0v) is 7.12. The van der Waals surface area contributed by atoms with Crippen LogP contribution in [0.4, 0.5) is 0 Å². The summed E-state index contributed by atoms with van der Waals surface area (Å²) >= 11 is 1.59. The minimum atomic E-state index is -0.1000. The zero-order chi connectivity index (χ0) is 4.00. The minimum absolute atomic E-state index is 0.1000. The molecule has 23 valence electrons. The predicted octanol–water partition coefficient (Wildman–Crippen LogP) is -0.889. The molecule has 4 heteroatoms. The fourth-order valence-corrected chi connectivity index (χ4v) is 0. The fraction of sp³-hybridized carbons (Fsp3) is 0. The van der Waals surface area contributed by atoms with E-state index in [2.05, 4.69) is 0 Å². The molecule has 0 aromatic carbocycles. The van der Waals surface area contributed by atoms with Crippen LogP contribution in [0, 0.1) is 0 Å². The summed E-state index contributed by atoms with van der Waals surface area (Å²) in [7, 11) is 0. The van der Waals surface area contributed by atoms with Crippen LogP contribution in [0.1, 0.15) is 0 Å². The average molecular weight is 203 g/mol. The topological polar surface area (TPSA) is 34.1 Å². The van der Waals surface area contributed by atoms with Gasteiger partial charge in [-0.15, -0.1) is 0 Å². The Morgan fingerprint density at radius 2 is 1.25 bits per heavy atom. The summed E-state index contributed by atoms with van der Waals surface area (Å²) in [5, 5.41) is 0. The summed E-state index contributed by atoms with van der Waals surface area (Å²) < 4.78 is 16.5. The van der Waals surface area contributed by atoms with E-state index >= 15 is 0 Å². The van der Waals surface area contributed by atoms with Gasteiger partial charge in [0.1, 0.15) is 0 Å². The van der Waals surface area contributed by atoms with Gasteiger partial charge in [-0.3, -0.25) is 0 Å². The standard InChI is InChI=1S/In.Mn.2O.H. The van der Waals surface area contributed by atoms with Gasteiger partial charge in [-0.25, -0.2) is 0 Å². The van der Waals surface area contributed by atoms with Crippen molar-refractivity contribution in [3.8, 4) is 0 Å². The molecule has 0 aliphatic rings. The van der Waals surface area contributed by atoms with E-state index in [1.807, 2.05) is 0 Å². The fourth-order valence-electron chi connectivity index (χ4n) is 0. The normalized spacial score (nSPS) is 1.75. The Labute approximate surface area is 47.0 Å². The third-order valence-electron chi connectivity index (χ3n) is 0. The van der Waals surface area contributed by atoms with Crippen molar-refractivity contribution in [2.24, 2.45) is 0 Å². The predicted molar refractivity (Wildman–Crippen MR) is 8.52 cm³/mol. The van der Waals surface area contributed by atoms with Crippen molar-refractivity contribution >= 4 is 24.4 Å². The van der Waals surface area contributed by atoms with Crippen LogP contribution in [0.5, 0.6) is 0 Å². The van der Waals surface area contributed by atoms with Crippen molar-refractivity contribution in [1.29, 1.82) is 0 Å². The first-order valence-electron chi connectivity index (χ1n) is 0.443. The van der Waals surface area contributed by atoms with Gasteiger partial charge in [0.05, 0.1) is 0 Å². The van der Waals surface area contributed by atoms with Crippen molar-refractivity contribution in [1.82, 2.24) is 0 Å². The first-order valence-corrected chi connectivity index (χ1v) is 2.57. The summed E-state index contributed by atoms with van der Waals surface area (Å²) in [6.07, 6.45) is 0. The van der Waals surface area contributed by atoms with Gasteiger partial charge in [0.2, 0.25) is 0 Å². The third-order valence-corrected chi connectivity index (χ3v) is 0. The average Bonchev–Trinajstić information content (AvgIpc) is 1.50. The van der Waals surface area contributed by atoms with Crippen LogP contribution in [0.3, 0.4) is 0 Å². The van der Waals surface area contributed by atoms with Crippen molar-refractivity contribution in [2.45, 2.75) is 0 Å². The van der Waals surface area contributed by atoms with Gasteiger partial charge >= 0.3 is 47.0 Å². The molecule has 2 nitrogen and oxygen atoms in total. The summed E-state index contributed by atoms with van der Waals surface area (Å²) in [6.45, 7) is 0. The number of rotatable bonds is 0. The monoisotopic (exact) mass is 203 g/mol. The quantitative estimate of drug-likeness (QED) is 0.478. The third kappa shape index (κ3) is 12.1. The Balaban J connectivity index is 0. The van der Waals surface area contributed by atoms with E-state index in [4.69, 9.17) is 6.69 Å². The molecule has 0 aliphatic heterocycles. The second-order valence-corrected chi connectivity index (χ2v) is 0. The molecule has 0 bridgehead atoms. The molecule has 0 saturated heterocycles. The molecule has 0 atom stereocenters. The van der Waals surface area contributed by atoms with Crippen LogP contribution in [0.25, 0.3) is 0 Å². The molecule has 0 amide bonds. The van der Waals surface area contributed by atoms with Crippen LogP contribution < -0.4 is 0 Å². The van der Waals surface area contributed by atoms with E-state index in [0.29, 0.717) is 0 Å². The Kier molecular flexibility index (Phi) is 80.9. The van der Waals surface area contributed by atoms with Crippen LogP contribution in [0.15, 0.2) is 0 Å². The molecular formula is HInMnO2. The van der Waals surface area contributed by atoms with E-state index in [9.17, 15) is 0 Å². The molecular weight excluding hydrogens is 202 g/mol. The Bertz CT molecular complexity index is 8.00. The molecule has 0 saturated carbocycles. The maximum absolute atomic E-state index is 8.42. The van der Waals surface area contributed by atoms with Crippen molar-refractivity contribution < 1.29 is 22.6 Å². The first-order chi connectivity index (χ1) is 2.00. The van der Waals surface area contributed by atoms with E-state index in [1.54, 1.807) is 15.9 Å². The summed E-state index contributed by atoms with van der Waals surface area (Å²) in [6, 6.07) is 0. The zero-order valence-electron chi connectivity index (χ0n) is 1.90. The molecule has 0 heterocycles. The molecule has 0 unspecified atom stereocenters. The summed E-state index contributed by atoms with van der Waals surface area (Å²) in [5.41, 5.74) is 0. The van der Waals surface area contributed by atoms with Gasteiger partial charge in [0, 0.05) is 0 Å². The van der Waals surface area contributed by atoms with Crippen molar-refractivity contribution in [3.05, 3.63) is 0 Å².